The zero-order chi connectivity index (χ0) is 16.0. The van der Waals surface area contributed by atoms with Crippen molar-refractivity contribution in [2.24, 2.45) is 5.92 Å². The summed E-state index contributed by atoms with van der Waals surface area (Å²) in [5, 5.41) is 9.03. The van der Waals surface area contributed by atoms with Crippen LogP contribution in [0.4, 0.5) is 0 Å². The van der Waals surface area contributed by atoms with Crippen LogP contribution in [0, 0.1) is 12.8 Å². The molecule has 0 atom stereocenters. The second-order valence-electron chi connectivity index (χ2n) is 6.38. The van der Waals surface area contributed by atoms with E-state index in [0.717, 1.165) is 31.7 Å². The summed E-state index contributed by atoms with van der Waals surface area (Å²) in [7, 11) is 4.17. The van der Waals surface area contributed by atoms with E-state index >= 15 is 0 Å². The van der Waals surface area contributed by atoms with Crippen LogP contribution >= 0.6 is 0 Å². The molecule has 0 bridgehead atoms. The Hall–Kier alpha value is -1.39. The number of likely N-dealkylation sites (N-methyl/N-ethyl adjacent to an activating group) is 1. The molecular formula is C17H28N2O2. The molecule has 4 nitrogen and oxygen atoms in total. The summed E-state index contributed by atoms with van der Waals surface area (Å²) in [5.41, 5.74) is 2.62. The molecule has 0 aromatic heterocycles. The smallest absolute Gasteiger partial charge is 0.335 e. The Morgan fingerprint density at radius 2 is 1.90 bits per heavy atom. The molecule has 0 aliphatic rings. The van der Waals surface area contributed by atoms with Crippen LogP contribution in [0.2, 0.25) is 0 Å². The molecule has 1 aromatic rings. The summed E-state index contributed by atoms with van der Waals surface area (Å²) < 4.78 is 0. The predicted octanol–water partition coefficient (Wildman–Crippen LogP) is 2.71. The summed E-state index contributed by atoms with van der Waals surface area (Å²) >= 11 is 0. The fourth-order valence-electron chi connectivity index (χ4n) is 2.34. The van der Waals surface area contributed by atoms with Gasteiger partial charge in [-0.3, -0.25) is 4.90 Å². The minimum absolute atomic E-state index is 0.361. The largest absolute Gasteiger partial charge is 0.478 e. The summed E-state index contributed by atoms with van der Waals surface area (Å²) in [4.78, 5) is 15.6. The van der Waals surface area contributed by atoms with Crippen LogP contribution in [0.15, 0.2) is 18.2 Å². The molecule has 0 radical (unpaired) electrons. The second-order valence-corrected chi connectivity index (χ2v) is 6.38. The maximum atomic E-state index is 11.0. The Kier molecular flexibility index (Phi) is 6.85. The minimum atomic E-state index is -0.865. The maximum absolute atomic E-state index is 11.0. The Labute approximate surface area is 128 Å². The summed E-state index contributed by atoms with van der Waals surface area (Å²) in [6.07, 6.45) is 0. The molecule has 118 valence electrons. The lowest BCUT2D eigenvalue weighted by Crippen LogP contribution is -2.34. The van der Waals surface area contributed by atoms with Crippen molar-refractivity contribution in [3.05, 3.63) is 34.9 Å². The number of carboxylic acid groups (broad SMARTS) is 1. The average Bonchev–Trinajstić information content (AvgIpc) is 2.37. The van der Waals surface area contributed by atoms with Crippen LogP contribution < -0.4 is 0 Å². The SMILES string of the molecule is Cc1cc(C(=O)O)ccc1CN(CCN(C)C)CC(C)C. The zero-order valence-electron chi connectivity index (χ0n) is 13.9. The fourth-order valence-corrected chi connectivity index (χ4v) is 2.34. The molecule has 0 aliphatic carbocycles. The monoisotopic (exact) mass is 292 g/mol. The van der Waals surface area contributed by atoms with Crippen molar-refractivity contribution >= 4 is 5.97 Å². The minimum Gasteiger partial charge on any atom is -0.478 e. The highest BCUT2D eigenvalue weighted by atomic mass is 16.4. The number of aromatic carboxylic acids is 1. The van der Waals surface area contributed by atoms with Crippen molar-refractivity contribution < 1.29 is 9.90 Å². The van der Waals surface area contributed by atoms with Crippen molar-refractivity contribution in [1.29, 1.82) is 0 Å². The third kappa shape index (κ3) is 6.27. The third-order valence-corrected chi connectivity index (χ3v) is 3.47. The Morgan fingerprint density at radius 1 is 1.24 bits per heavy atom. The first-order chi connectivity index (χ1) is 9.79. The number of carbonyl (C=O) groups is 1. The summed E-state index contributed by atoms with van der Waals surface area (Å²) in [5.74, 6) is -0.248. The van der Waals surface area contributed by atoms with E-state index < -0.39 is 5.97 Å². The highest BCUT2D eigenvalue weighted by Crippen LogP contribution is 2.15. The second kappa shape index (κ2) is 8.15. The Bertz CT molecular complexity index is 470. The van der Waals surface area contributed by atoms with Gasteiger partial charge in [0.2, 0.25) is 0 Å². The van der Waals surface area contributed by atoms with Gasteiger partial charge < -0.3 is 10.0 Å². The van der Waals surface area contributed by atoms with Gasteiger partial charge in [-0.05, 0) is 50.2 Å². The number of aryl methyl sites for hydroxylation is 1. The summed E-state index contributed by atoms with van der Waals surface area (Å²) in [6.45, 7) is 10.4. The fraction of sp³-hybridized carbons (Fsp3) is 0.588. The number of hydrogen-bond acceptors (Lipinski definition) is 3. The van der Waals surface area contributed by atoms with E-state index in [9.17, 15) is 4.79 Å². The lowest BCUT2D eigenvalue weighted by molar-refractivity contribution is 0.0696. The normalized spacial score (nSPS) is 11.6. The third-order valence-electron chi connectivity index (χ3n) is 3.47. The van der Waals surface area contributed by atoms with Crippen molar-refractivity contribution in [2.45, 2.75) is 27.3 Å². The van der Waals surface area contributed by atoms with Gasteiger partial charge in [0.15, 0.2) is 0 Å². The highest BCUT2D eigenvalue weighted by molar-refractivity contribution is 5.87. The van der Waals surface area contributed by atoms with E-state index in [1.54, 1.807) is 12.1 Å². The summed E-state index contributed by atoms with van der Waals surface area (Å²) in [6, 6.07) is 5.41. The maximum Gasteiger partial charge on any atom is 0.335 e. The van der Waals surface area contributed by atoms with E-state index in [4.69, 9.17) is 5.11 Å². The number of nitrogens with zero attached hydrogens (tertiary/aromatic N) is 2. The van der Waals surface area contributed by atoms with Gasteiger partial charge in [-0.15, -0.1) is 0 Å². The number of hydrogen-bond donors (Lipinski definition) is 1. The molecular weight excluding hydrogens is 264 g/mol. The van der Waals surface area contributed by atoms with Crippen LogP contribution in [-0.4, -0.2) is 54.6 Å². The van der Waals surface area contributed by atoms with Gasteiger partial charge in [-0.25, -0.2) is 4.79 Å². The van der Waals surface area contributed by atoms with Crippen molar-refractivity contribution in [3.8, 4) is 0 Å². The highest BCUT2D eigenvalue weighted by Gasteiger charge is 2.12. The first-order valence-electron chi connectivity index (χ1n) is 7.49. The molecule has 0 heterocycles. The van der Waals surface area contributed by atoms with Crippen LogP contribution in [-0.2, 0) is 6.54 Å². The van der Waals surface area contributed by atoms with Gasteiger partial charge in [0.1, 0.15) is 0 Å². The number of carboxylic acids is 1. The standard InChI is InChI=1S/C17H28N2O2/c1-13(2)11-19(9-8-18(4)5)12-16-7-6-15(17(20)21)10-14(16)3/h6-7,10,13H,8-9,11-12H2,1-5H3,(H,20,21). The molecule has 0 saturated heterocycles. The van der Waals surface area contributed by atoms with E-state index in [-0.39, 0.29) is 0 Å². The first-order valence-corrected chi connectivity index (χ1v) is 7.49. The van der Waals surface area contributed by atoms with Gasteiger partial charge >= 0.3 is 5.97 Å². The van der Waals surface area contributed by atoms with Crippen molar-refractivity contribution in [1.82, 2.24) is 9.80 Å². The van der Waals surface area contributed by atoms with Gasteiger partial charge in [0, 0.05) is 26.2 Å². The molecule has 0 aliphatic heterocycles. The average molecular weight is 292 g/mol. The van der Waals surface area contributed by atoms with Crippen LogP contribution in [0.5, 0.6) is 0 Å². The molecule has 4 heteroatoms. The first kappa shape index (κ1) is 17.7. The molecule has 0 unspecified atom stereocenters. The number of rotatable bonds is 8. The Morgan fingerprint density at radius 3 is 2.38 bits per heavy atom. The van der Waals surface area contributed by atoms with Gasteiger partial charge in [-0.2, -0.15) is 0 Å². The van der Waals surface area contributed by atoms with Crippen LogP contribution in [0.1, 0.15) is 35.3 Å². The molecule has 21 heavy (non-hydrogen) atoms. The number of benzene rings is 1. The lowest BCUT2D eigenvalue weighted by atomic mass is 10.0. The van der Waals surface area contributed by atoms with Gasteiger partial charge in [0.25, 0.3) is 0 Å². The molecule has 1 N–H and O–H groups in total. The van der Waals surface area contributed by atoms with E-state index in [1.807, 2.05) is 13.0 Å². The van der Waals surface area contributed by atoms with Crippen molar-refractivity contribution in [2.75, 3.05) is 33.7 Å². The molecule has 0 saturated carbocycles. The van der Waals surface area contributed by atoms with E-state index in [1.165, 1.54) is 5.56 Å². The molecule has 0 fully saturated rings. The van der Waals surface area contributed by atoms with Gasteiger partial charge in [0.05, 0.1) is 5.56 Å². The molecule has 1 rings (SSSR count). The van der Waals surface area contributed by atoms with E-state index in [2.05, 4.69) is 37.7 Å². The lowest BCUT2D eigenvalue weighted by Gasteiger charge is -2.26. The Balaban J connectivity index is 2.79. The van der Waals surface area contributed by atoms with Crippen LogP contribution in [0.3, 0.4) is 0 Å². The molecule has 0 amide bonds. The quantitative estimate of drug-likeness (QED) is 0.800. The van der Waals surface area contributed by atoms with Crippen LogP contribution in [0.25, 0.3) is 0 Å². The predicted molar refractivity (Wildman–Crippen MR) is 86.8 cm³/mol. The van der Waals surface area contributed by atoms with Gasteiger partial charge in [-0.1, -0.05) is 19.9 Å². The molecule has 1 aromatic carbocycles. The van der Waals surface area contributed by atoms with Crippen molar-refractivity contribution in [3.63, 3.8) is 0 Å². The topological polar surface area (TPSA) is 43.8 Å². The van der Waals surface area contributed by atoms with E-state index in [0.29, 0.717) is 11.5 Å². The molecule has 0 spiro atoms. The zero-order valence-corrected chi connectivity index (χ0v) is 13.9.